The molecule has 0 amide bonds. The summed E-state index contributed by atoms with van der Waals surface area (Å²) in [5.74, 6) is 0. The van der Waals surface area contributed by atoms with E-state index in [1.807, 2.05) is 6.66 Å². The average molecular weight is 395 g/mol. The molecule has 2 aliphatic rings. The van der Waals surface area contributed by atoms with Crippen LogP contribution in [0.25, 0.3) is 0 Å². The Morgan fingerprint density at radius 3 is 1.82 bits per heavy atom. The van der Waals surface area contributed by atoms with E-state index in [-0.39, 0.29) is 2.85 Å². The molecule has 0 aliphatic heterocycles. The summed E-state index contributed by atoms with van der Waals surface area (Å²) in [6.07, 6.45) is 17.3. The van der Waals surface area contributed by atoms with Gasteiger partial charge in [-0.2, -0.15) is 0 Å². The van der Waals surface area contributed by atoms with E-state index in [1.165, 1.54) is 38.5 Å². The zero-order chi connectivity index (χ0) is 12.1. The first-order chi connectivity index (χ1) is 8.35. The van der Waals surface area contributed by atoms with Gasteiger partial charge >= 0.3 is 117 Å². The predicted octanol–water partition coefficient (Wildman–Crippen LogP) is 5.32. The maximum atomic E-state index is 2.40. The molecule has 0 fully saturated rings. The SMILES string of the molecule is CCCC1=[C]([Hf][C]2=C(CCC)C=CC2)CC=C1.[H-].[H-]. The van der Waals surface area contributed by atoms with Gasteiger partial charge in [-0.3, -0.25) is 0 Å². The second-order valence-corrected chi connectivity index (χ2v) is 10.1. The first-order valence-corrected chi connectivity index (χ1v) is 10.5. The van der Waals surface area contributed by atoms with Crippen LogP contribution in [-0.4, -0.2) is 0 Å². The molecule has 0 heterocycles. The molecule has 0 saturated heterocycles. The normalized spacial score (nSPS) is 18.7. The zero-order valence-electron chi connectivity index (χ0n) is 13.1. The molecule has 17 heavy (non-hydrogen) atoms. The van der Waals surface area contributed by atoms with Gasteiger partial charge in [-0.1, -0.05) is 0 Å². The van der Waals surface area contributed by atoms with Gasteiger partial charge in [0.1, 0.15) is 0 Å². The number of allylic oxidation sites excluding steroid dienone is 8. The van der Waals surface area contributed by atoms with Crippen LogP contribution in [-0.2, 0) is 22.9 Å². The van der Waals surface area contributed by atoms with Gasteiger partial charge in [0.25, 0.3) is 0 Å². The van der Waals surface area contributed by atoms with Crippen LogP contribution < -0.4 is 0 Å². The van der Waals surface area contributed by atoms with E-state index in [1.54, 1.807) is 11.1 Å². The average Bonchev–Trinajstić information content (AvgIpc) is 2.92. The fraction of sp³-hybridized carbons (Fsp3) is 0.500. The van der Waals surface area contributed by atoms with Crippen LogP contribution >= 0.6 is 0 Å². The van der Waals surface area contributed by atoms with Crippen molar-refractivity contribution >= 4 is 0 Å². The first-order valence-electron chi connectivity index (χ1n) is 6.89. The number of rotatable bonds is 6. The molecule has 1 heteroatoms. The van der Waals surface area contributed by atoms with Crippen molar-refractivity contribution in [1.29, 1.82) is 0 Å². The second-order valence-electron chi connectivity index (χ2n) is 4.85. The van der Waals surface area contributed by atoms with Crippen molar-refractivity contribution in [2.45, 2.75) is 52.4 Å². The quantitative estimate of drug-likeness (QED) is 0.535. The summed E-state index contributed by atoms with van der Waals surface area (Å²) >= 11 is -0.683. The Balaban J connectivity index is 0.00000162. The molecule has 0 saturated carbocycles. The summed E-state index contributed by atoms with van der Waals surface area (Å²) in [4.78, 5) is 0. The van der Waals surface area contributed by atoms with Gasteiger partial charge in [-0.25, -0.2) is 0 Å². The van der Waals surface area contributed by atoms with Crippen LogP contribution in [0.4, 0.5) is 0 Å². The predicted molar refractivity (Wildman–Crippen MR) is 73.6 cm³/mol. The Morgan fingerprint density at radius 1 is 0.941 bits per heavy atom. The second kappa shape index (κ2) is 6.68. The third kappa shape index (κ3) is 3.40. The molecular formula is C16H24Hf-2. The molecule has 0 radical (unpaired) electrons. The molecule has 0 N–H and O–H groups in total. The Labute approximate surface area is 120 Å². The van der Waals surface area contributed by atoms with Crippen LogP contribution in [0.3, 0.4) is 0 Å². The minimum atomic E-state index is -0.683. The van der Waals surface area contributed by atoms with Gasteiger partial charge in [0.2, 0.25) is 0 Å². The Hall–Kier alpha value is -0.170. The van der Waals surface area contributed by atoms with Crippen LogP contribution in [0.15, 0.2) is 42.1 Å². The van der Waals surface area contributed by atoms with Gasteiger partial charge in [-0.15, -0.1) is 0 Å². The van der Waals surface area contributed by atoms with Crippen molar-refractivity contribution in [2.24, 2.45) is 0 Å². The smallest absolute Gasteiger partial charge is 1.00 e. The van der Waals surface area contributed by atoms with E-state index >= 15 is 0 Å². The summed E-state index contributed by atoms with van der Waals surface area (Å²) in [5, 5.41) is 0. The Morgan fingerprint density at radius 2 is 1.41 bits per heavy atom. The topological polar surface area (TPSA) is 0 Å². The van der Waals surface area contributed by atoms with Crippen molar-refractivity contribution in [3.05, 3.63) is 42.1 Å². The van der Waals surface area contributed by atoms with Crippen molar-refractivity contribution < 1.29 is 25.8 Å². The molecule has 0 unspecified atom stereocenters. The molecule has 0 aromatic rings. The summed E-state index contributed by atoms with van der Waals surface area (Å²) < 4.78 is 3.75. The standard InChI is InChI=1S/2C8H11.Hf.2H/c2*1-2-5-8-6-3-4-7-8;;;/h2*3,6H,2,4-5H2,1H3;;;/q;;;2*-1. The number of hydrogen-bond acceptors (Lipinski definition) is 0. The van der Waals surface area contributed by atoms with Gasteiger partial charge in [0.15, 0.2) is 0 Å². The molecule has 2 rings (SSSR count). The molecule has 0 aromatic carbocycles. The van der Waals surface area contributed by atoms with Crippen molar-refractivity contribution in [2.75, 3.05) is 0 Å². The van der Waals surface area contributed by atoms with Gasteiger partial charge in [0, 0.05) is 0 Å². The van der Waals surface area contributed by atoms with E-state index in [0.29, 0.717) is 0 Å². The minimum Gasteiger partial charge on any atom is -1.00 e. The van der Waals surface area contributed by atoms with E-state index in [9.17, 15) is 0 Å². The maximum Gasteiger partial charge on any atom is -1.00 e. The molecule has 0 nitrogen and oxygen atoms in total. The molecule has 94 valence electrons. The van der Waals surface area contributed by atoms with Gasteiger partial charge in [-0.05, 0) is 0 Å². The summed E-state index contributed by atoms with van der Waals surface area (Å²) in [6.45, 7) is 4.59. The van der Waals surface area contributed by atoms with Crippen LogP contribution in [0.5, 0.6) is 0 Å². The Kier molecular flexibility index (Phi) is 5.21. The summed E-state index contributed by atoms with van der Waals surface area (Å²) in [7, 11) is 0. The maximum absolute atomic E-state index is 2.40. The van der Waals surface area contributed by atoms with Crippen molar-refractivity contribution in [1.82, 2.24) is 0 Å². The van der Waals surface area contributed by atoms with Gasteiger partial charge < -0.3 is 2.85 Å². The summed E-state index contributed by atoms with van der Waals surface area (Å²) in [6, 6.07) is 0. The van der Waals surface area contributed by atoms with Crippen molar-refractivity contribution in [3.63, 3.8) is 0 Å². The van der Waals surface area contributed by atoms with Gasteiger partial charge in [0.05, 0.1) is 0 Å². The van der Waals surface area contributed by atoms with E-state index in [0.717, 1.165) is 0 Å². The minimum absolute atomic E-state index is 0. The molecule has 0 aromatic heterocycles. The third-order valence-corrected chi connectivity index (χ3v) is 9.34. The molecular weight excluding hydrogens is 371 g/mol. The number of hydrogen-bond donors (Lipinski definition) is 0. The first kappa shape index (κ1) is 13.3. The fourth-order valence-corrected chi connectivity index (χ4v) is 8.09. The van der Waals surface area contributed by atoms with Crippen LogP contribution in [0.2, 0.25) is 0 Å². The van der Waals surface area contributed by atoms with E-state index in [4.69, 9.17) is 0 Å². The molecule has 0 atom stereocenters. The molecule has 0 spiro atoms. The zero-order valence-corrected chi connectivity index (χ0v) is 14.6. The van der Waals surface area contributed by atoms with Crippen molar-refractivity contribution in [3.8, 4) is 0 Å². The molecule has 2 aliphatic carbocycles. The third-order valence-electron chi connectivity index (χ3n) is 3.40. The van der Waals surface area contributed by atoms with Crippen LogP contribution in [0, 0.1) is 0 Å². The monoisotopic (exact) mass is 396 g/mol. The van der Waals surface area contributed by atoms with E-state index in [2.05, 4.69) is 38.2 Å². The fourth-order valence-electron chi connectivity index (χ4n) is 2.55. The van der Waals surface area contributed by atoms with Crippen LogP contribution in [0.1, 0.15) is 55.2 Å². The largest absolute Gasteiger partial charge is 1.00 e. The van der Waals surface area contributed by atoms with E-state index < -0.39 is 22.9 Å². The molecule has 0 bridgehead atoms. The Bertz CT molecular complexity index is 365. The summed E-state index contributed by atoms with van der Waals surface area (Å²) in [5.41, 5.74) is 3.40.